The molecular formula is C22H38O2. The van der Waals surface area contributed by atoms with E-state index in [2.05, 4.69) is 13.8 Å². The van der Waals surface area contributed by atoms with Crippen LogP contribution in [0.1, 0.15) is 78.1 Å². The largest absolute Gasteiger partial charge is 0.353 e. The normalized spacial score (nSPS) is 50.0. The molecule has 0 N–H and O–H groups in total. The molecule has 0 heterocycles. The molecule has 7 atom stereocenters. The van der Waals surface area contributed by atoms with Crippen molar-refractivity contribution >= 4 is 0 Å². The number of rotatable bonds is 3. The molecule has 0 aromatic rings. The summed E-state index contributed by atoms with van der Waals surface area (Å²) in [5, 5.41) is 0. The molecule has 0 bridgehead atoms. The highest BCUT2D eigenvalue weighted by molar-refractivity contribution is 5.06. The average molecular weight is 335 g/mol. The maximum absolute atomic E-state index is 5.80. The molecule has 138 valence electrons. The van der Waals surface area contributed by atoms with Gasteiger partial charge in [0.05, 0.1) is 0 Å². The summed E-state index contributed by atoms with van der Waals surface area (Å²) in [7, 11) is 3.68. The summed E-state index contributed by atoms with van der Waals surface area (Å²) >= 11 is 0. The molecule has 24 heavy (non-hydrogen) atoms. The molecule has 2 nitrogen and oxygen atoms in total. The Morgan fingerprint density at radius 2 is 1.58 bits per heavy atom. The summed E-state index contributed by atoms with van der Waals surface area (Å²) in [6.45, 7) is 5.08. The molecular weight excluding hydrogens is 296 g/mol. The van der Waals surface area contributed by atoms with Crippen molar-refractivity contribution in [3.05, 3.63) is 0 Å². The van der Waals surface area contributed by atoms with Gasteiger partial charge in [0.2, 0.25) is 0 Å². The van der Waals surface area contributed by atoms with E-state index in [1.165, 1.54) is 51.4 Å². The first-order valence-electron chi connectivity index (χ1n) is 10.7. The summed E-state index contributed by atoms with van der Waals surface area (Å²) in [6, 6.07) is 0. The Labute approximate surface area is 149 Å². The van der Waals surface area contributed by atoms with Gasteiger partial charge in [-0.3, -0.25) is 0 Å². The third kappa shape index (κ3) is 2.42. The second kappa shape index (κ2) is 6.27. The van der Waals surface area contributed by atoms with Crippen molar-refractivity contribution < 1.29 is 9.47 Å². The number of hydrogen-bond donors (Lipinski definition) is 0. The van der Waals surface area contributed by atoms with Crippen LogP contribution >= 0.6 is 0 Å². The summed E-state index contributed by atoms with van der Waals surface area (Å²) in [5.74, 6) is 5.57. The standard InChI is InChI=1S/C22H38O2/c1-5-16-7-9-20-19-8-6-15-14-22(23-3,24-4)13-11-17(15)18(19)10-12-21(16,20)2/h15-20H,5-14H2,1-4H3/t15-,16-,17-,18+,19+,20-,21+/m0/s1. The summed E-state index contributed by atoms with van der Waals surface area (Å²) in [5.41, 5.74) is 0.667. The molecule has 0 aromatic heterocycles. The van der Waals surface area contributed by atoms with Gasteiger partial charge in [-0.2, -0.15) is 0 Å². The predicted octanol–water partition coefficient (Wildman–Crippen LogP) is 5.65. The van der Waals surface area contributed by atoms with Gasteiger partial charge in [-0.15, -0.1) is 0 Å². The van der Waals surface area contributed by atoms with E-state index in [1.54, 1.807) is 0 Å². The predicted molar refractivity (Wildman–Crippen MR) is 97.6 cm³/mol. The first-order valence-corrected chi connectivity index (χ1v) is 10.7. The van der Waals surface area contributed by atoms with Crippen molar-refractivity contribution in [3.8, 4) is 0 Å². The fourth-order valence-electron chi connectivity index (χ4n) is 8.06. The Balaban J connectivity index is 1.52. The Morgan fingerprint density at radius 1 is 0.833 bits per heavy atom. The van der Waals surface area contributed by atoms with E-state index in [-0.39, 0.29) is 5.79 Å². The summed E-state index contributed by atoms with van der Waals surface area (Å²) in [6.07, 6.45) is 13.9. The van der Waals surface area contributed by atoms with Gasteiger partial charge < -0.3 is 9.47 Å². The van der Waals surface area contributed by atoms with Gasteiger partial charge in [0.1, 0.15) is 0 Å². The fraction of sp³-hybridized carbons (Fsp3) is 1.00. The van der Waals surface area contributed by atoms with Crippen LogP contribution in [0, 0.1) is 40.9 Å². The molecule has 0 aromatic carbocycles. The lowest BCUT2D eigenvalue weighted by molar-refractivity contribution is -0.247. The van der Waals surface area contributed by atoms with Crippen molar-refractivity contribution in [1.29, 1.82) is 0 Å². The molecule has 0 aliphatic heterocycles. The Morgan fingerprint density at radius 3 is 2.29 bits per heavy atom. The zero-order valence-corrected chi connectivity index (χ0v) is 16.4. The second-order valence-electron chi connectivity index (χ2n) is 9.72. The highest BCUT2D eigenvalue weighted by Gasteiger charge is 2.57. The number of hydrogen-bond acceptors (Lipinski definition) is 2. The van der Waals surface area contributed by atoms with Gasteiger partial charge in [0.25, 0.3) is 0 Å². The SMILES string of the molecule is CC[C@H]1CC[C@H]2[C@@H]3CC[C@H]4CC(OC)(OC)CC[C@@H]4[C@H]3CC[C@]12C. The molecule has 4 saturated carbocycles. The zero-order valence-electron chi connectivity index (χ0n) is 16.4. The van der Waals surface area contributed by atoms with E-state index < -0.39 is 0 Å². The van der Waals surface area contributed by atoms with Gasteiger partial charge in [-0.1, -0.05) is 20.3 Å². The van der Waals surface area contributed by atoms with Gasteiger partial charge in [0, 0.05) is 27.1 Å². The highest BCUT2D eigenvalue weighted by atomic mass is 16.7. The van der Waals surface area contributed by atoms with Crippen LogP contribution in [0.15, 0.2) is 0 Å². The minimum atomic E-state index is -0.280. The van der Waals surface area contributed by atoms with Crippen molar-refractivity contribution in [1.82, 2.24) is 0 Å². The lowest BCUT2D eigenvalue weighted by atomic mass is 9.49. The van der Waals surface area contributed by atoms with Crippen LogP contribution in [0.2, 0.25) is 0 Å². The molecule has 0 radical (unpaired) electrons. The minimum absolute atomic E-state index is 0.280. The van der Waals surface area contributed by atoms with Crippen LogP contribution < -0.4 is 0 Å². The molecule has 4 fully saturated rings. The zero-order chi connectivity index (χ0) is 16.9. The van der Waals surface area contributed by atoms with E-state index in [0.29, 0.717) is 5.41 Å². The molecule has 4 rings (SSSR count). The lowest BCUT2D eigenvalue weighted by Crippen LogP contribution is -2.51. The van der Waals surface area contributed by atoms with E-state index in [0.717, 1.165) is 48.3 Å². The van der Waals surface area contributed by atoms with Crippen LogP contribution in [0.3, 0.4) is 0 Å². The Bertz CT molecular complexity index is 457. The van der Waals surface area contributed by atoms with Gasteiger partial charge in [0.15, 0.2) is 5.79 Å². The van der Waals surface area contributed by atoms with Crippen LogP contribution in [0.5, 0.6) is 0 Å². The summed E-state index contributed by atoms with van der Waals surface area (Å²) < 4.78 is 11.6. The molecule has 0 amide bonds. The Hall–Kier alpha value is -0.0800. The van der Waals surface area contributed by atoms with Crippen molar-refractivity contribution in [3.63, 3.8) is 0 Å². The quantitative estimate of drug-likeness (QED) is 0.620. The van der Waals surface area contributed by atoms with Crippen molar-refractivity contribution in [2.45, 2.75) is 83.8 Å². The maximum Gasteiger partial charge on any atom is 0.167 e. The van der Waals surface area contributed by atoms with Crippen LogP contribution in [0.4, 0.5) is 0 Å². The van der Waals surface area contributed by atoms with E-state index in [1.807, 2.05) is 14.2 Å². The minimum Gasteiger partial charge on any atom is -0.353 e. The fourth-order valence-corrected chi connectivity index (χ4v) is 8.06. The van der Waals surface area contributed by atoms with Crippen LogP contribution in [-0.2, 0) is 9.47 Å². The lowest BCUT2D eigenvalue weighted by Gasteiger charge is -2.57. The molecule has 4 aliphatic rings. The highest BCUT2D eigenvalue weighted by Crippen LogP contribution is 2.65. The first-order chi connectivity index (χ1) is 11.6. The van der Waals surface area contributed by atoms with Crippen molar-refractivity contribution in [2.24, 2.45) is 40.9 Å². The third-order valence-corrected chi connectivity index (χ3v) is 9.38. The molecule has 4 aliphatic carbocycles. The molecule has 2 heteroatoms. The maximum atomic E-state index is 5.80. The molecule has 0 spiro atoms. The van der Waals surface area contributed by atoms with Gasteiger partial charge >= 0.3 is 0 Å². The van der Waals surface area contributed by atoms with Gasteiger partial charge in [-0.05, 0) is 85.9 Å². The third-order valence-electron chi connectivity index (χ3n) is 9.38. The smallest absolute Gasteiger partial charge is 0.167 e. The molecule has 0 saturated heterocycles. The second-order valence-corrected chi connectivity index (χ2v) is 9.72. The van der Waals surface area contributed by atoms with E-state index in [9.17, 15) is 0 Å². The average Bonchev–Trinajstić information content (AvgIpc) is 2.97. The molecule has 0 unspecified atom stereocenters. The Kier molecular flexibility index (Phi) is 4.53. The summed E-state index contributed by atoms with van der Waals surface area (Å²) in [4.78, 5) is 0. The van der Waals surface area contributed by atoms with E-state index in [4.69, 9.17) is 9.47 Å². The van der Waals surface area contributed by atoms with E-state index >= 15 is 0 Å². The topological polar surface area (TPSA) is 18.5 Å². The number of ether oxygens (including phenoxy) is 2. The number of methoxy groups -OCH3 is 2. The van der Waals surface area contributed by atoms with Crippen LogP contribution in [-0.4, -0.2) is 20.0 Å². The van der Waals surface area contributed by atoms with Crippen LogP contribution in [0.25, 0.3) is 0 Å². The van der Waals surface area contributed by atoms with Gasteiger partial charge in [-0.25, -0.2) is 0 Å². The van der Waals surface area contributed by atoms with Crippen molar-refractivity contribution in [2.75, 3.05) is 14.2 Å². The number of fused-ring (bicyclic) bond motifs is 5. The monoisotopic (exact) mass is 334 g/mol. The first kappa shape index (κ1) is 17.3.